The third-order valence-corrected chi connectivity index (χ3v) is 3.76. The number of rotatable bonds is 5. The van der Waals surface area contributed by atoms with Crippen LogP contribution in [-0.4, -0.2) is 30.6 Å². The van der Waals surface area contributed by atoms with E-state index in [0.717, 1.165) is 12.1 Å². The Balaban J connectivity index is 1.77. The molecule has 0 fully saturated rings. The molecule has 0 unspecified atom stereocenters. The number of nitro groups is 1. The van der Waals surface area contributed by atoms with Crippen LogP contribution in [0.3, 0.4) is 0 Å². The van der Waals surface area contributed by atoms with Gasteiger partial charge < -0.3 is 15.4 Å². The van der Waals surface area contributed by atoms with Gasteiger partial charge in [0.15, 0.2) is 0 Å². The first-order valence-corrected chi connectivity index (χ1v) is 6.85. The van der Waals surface area contributed by atoms with Crippen LogP contribution in [0.5, 0.6) is 0 Å². The van der Waals surface area contributed by atoms with E-state index in [1.165, 1.54) is 15.7 Å². The van der Waals surface area contributed by atoms with Gasteiger partial charge in [0.2, 0.25) is 5.82 Å². The van der Waals surface area contributed by atoms with Gasteiger partial charge in [0.25, 0.3) is 4.96 Å². The van der Waals surface area contributed by atoms with Gasteiger partial charge in [-0.3, -0.25) is 4.68 Å². The van der Waals surface area contributed by atoms with Gasteiger partial charge in [-0.05, 0) is 11.0 Å². The molecule has 3 aromatic rings. The third-order valence-electron chi connectivity index (χ3n) is 3.01. The van der Waals surface area contributed by atoms with E-state index in [9.17, 15) is 10.1 Å². The molecule has 0 aliphatic carbocycles. The van der Waals surface area contributed by atoms with Crippen molar-refractivity contribution in [2.45, 2.75) is 6.42 Å². The van der Waals surface area contributed by atoms with Crippen LogP contribution in [0.4, 0.5) is 11.6 Å². The van der Waals surface area contributed by atoms with Crippen molar-refractivity contribution < 1.29 is 4.92 Å². The van der Waals surface area contributed by atoms with E-state index in [1.54, 1.807) is 22.5 Å². The van der Waals surface area contributed by atoms with Crippen molar-refractivity contribution >= 4 is 27.9 Å². The van der Waals surface area contributed by atoms with Crippen molar-refractivity contribution in [3.8, 4) is 0 Å². The zero-order valence-corrected chi connectivity index (χ0v) is 11.5. The fourth-order valence-electron chi connectivity index (χ4n) is 2.02. The van der Waals surface area contributed by atoms with Crippen LogP contribution in [0.2, 0.25) is 0 Å². The van der Waals surface area contributed by atoms with Crippen molar-refractivity contribution in [3.63, 3.8) is 0 Å². The summed E-state index contributed by atoms with van der Waals surface area (Å²) in [5.41, 5.74) is 1.06. The number of aromatic nitrogens is 4. The van der Waals surface area contributed by atoms with Gasteiger partial charge in [-0.1, -0.05) is 11.3 Å². The summed E-state index contributed by atoms with van der Waals surface area (Å²) in [5, 5.41) is 20.0. The van der Waals surface area contributed by atoms with Crippen molar-refractivity contribution in [1.29, 1.82) is 0 Å². The summed E-state index contributed by atoms with van der Waals surface area (Å²) in [7, 11) is 1.87. The van der Waals surface area contributed by atoms with Crippen molar-refractivity contribution in [1.82, 2.24) is 19.2 Å². The number of nitrogens with one attached hydrogen (secondary N) is 1. The Kier molecular flexibility index (Phi) is 3.11. The van der Waals surface area contributed by atoms with Crippen LogP contribution in [0.1, 0.15) is 5.69 Å². The van der Waals surface area contributed by atoms with Crippen LogP contribution in [0.15, 0.2) is 23.8 Å². The molecule has 3 heterocycles. The molecule has 0 aliphatic rings. The van der Waals surface area contributed by atoms with Crippen LogP contribution >= 0.6 is 11.3 Å². The predicted molar refractivity (Wildman–Crippen MR) is 75.1 cm³/mol. The second kappa shape index (κ2) is 4.93. The average Bonchev–Trinajstić information content (AvgIpc) is 3.05. The number of hydrogen-bond acceptors (Lipinski definition) is 6. The highest BCUT2D eigenvalue weighted by Gasteiger charge is 2.23. The van der Waals surface area contributed by atoms with Crippen LogP contribution < -0.4 is 5.32 Å². The number of aryl methyl sites for hydroxylation is 1. The van der Waals surface area contributed by atoms with Gasteiger partial charge in [-0.25, -0.2) is 0 Å². The van der Waals surface area contributed by atoms with Crippen molar-refractivity contribution in [2.75, 3.05) is 11.9 Å². The van der Waals surface area contributed by atoms with E-state index in [-0.39, 0.29) is 5.82 Å². The maximum atomic E-state index is 11.1. The highest BCUT2D eigenvalue weighted by atomic mass is 32.1. The minimum atomic E-state index is -0.418. The topological polar surface area (TPSA) is 90.3 Å². The van der Waals surface area contributed by atoms with E-state index < -0.39 is 4.92 Å². The van der Waals surface area contributed by atoms with Crippen molar-refractivity contribution in [2.24, 2.45) is 7.05 Å². The molecule has 0 aromatic carbocycles. The Morgan fingerprint density at radius 1 is 1.55 bits per heavy atom. The first-order valence-electron chi connectivity index (χ1n) is 5.97. The molecule has 0 amide bonds. The first-order chi connectivity index (χ1) is 9.66. The smallest absolute Gasteiger partial charge is 0.363 e. The second-order valence-corrected chi connectivity index (χ2v) is 5.09. The molecule has 9 heteroatoms. The number of imidazole rings is 1. The largest absolute Gasteiger partial charge is 0.372 e. The minimum absolute atomic E-state index is 0.0220. The number of fused-ring (bicyclic) bond motifs is 1. The second-order valence-electron chi connectivity index (χ2n) is 4.22. The molecule has 3 rings (SSSR count). The number of thiazole rings is 1. The lowest BCUT2D eigenvalue weighted by molar-refractivity contribution is -0.389. The highest BCUT2D eigenvalue weighted by Crippen LogP contribution is 2.27. The minimum Gasteiger partial charge on any atom is -0.363 e. The Hall–Kier alpha value is -2.42. The molecular formula is C11H12N6O2S. The monoisotopic (exact) mass is 292 g/mol. The van der Waals surface area contributed by atoms with Gasteiger partial charge in [0.05, 0.1) is 0 Å². The summed E-state index contributed by atoms with van der Waals surface area (Å²) in [6.45, 7) is 0.561. The predicted octanol–water partition coefficient (Wildman–Crippen LogP) is 1.69. The molecule has 3 aromatic heterocycles. The van der Waals surface area contributed by atoms with Crippen LogP contribution in [0.25, 0.3) is 4.96 Å². The quantitative estimate of drug-likeness (QED) is 0.571. The summed E-state index contributed by atoms with van der Waals surface area (Å²) >= 11 is 1.37. The molecule has 0 radical (unpaired) electrons. The maximum absolute atomic E-state index is 11.1. The van der Waals surface area contributed by atoms with E-state index >= 15 is 0 Å². The SMILES string of the molecule is Cn1nccc1CCNc1nc2sccn2c1[N+](=O)[O-]. The molecule has 0 bridgehead atoms. The Morgan fingerprint density at radius 3 is 3.10 bits per heavy atom. The lowest BCUT2D eigenvalue weighted by atomic mass is 10.3. The van der Waals surface area contributed by atoms with E-state index in [1.807, 2.05) is 13.1 Å². The summed E-state index contributed by atoms with van der Waals surface area (Å²) in [6, 6.07) is 1.92. The zero-order valence-electron chi connectivity index (χ0n) is 10.7. The Bertz CT molecular complexity index is 758. The molecule has 0 spiro atoms. The van der Waals surface area contributed by atoms with E-state index in [2.05, 4.69) is 15.4 Å². The summed E-state index contributed by atoms with van der Waals surface area (Å²) in [5.74, 6) is 0.287. The molecular weight excluding hydrogens is 280 g/mol. The first kappa shape index (κ1) is 12.6. The molecule has 0 saturated heterocycles. The molecule has 0 aliphatic heterocycles. The van der Waals surface area contributed by atoms with E-state index in [0.29, 0.717) is 17.3 Å². The normalized spacial score (nSPS) is 11.1. The summed E-state index contributed by atoms with van der Waals surface area (Å²) in [4.78, 5) is 15.6. The standard InChI is InChI=1S/C11H12N6O2S/c1-15-8(3-5-13-15)2-4-12-9-10(17(18)19)16-6-7-20-11(16)14-9/h3,5-7,12H,2,4H2,1H3. The summed E-state index contributed by atoms with van der Waals surface area (Å²) < 4.78 is 3.26. The van der Waals surface area contributed by atoms with Crippen LogP contribution in [-0.2, 0) is 13.5 Å². The third kappa shape index (κ3) is 2.11. The maximum Gasteiger partial charge on any atom is 0.372 e. The number of nitrogens with zero attached hydrogens (tertiary/aromatic N) is 5. The average molecular weight is 292 g/mol. The van der Waals surface area contributed by atoms with Gasteiger partial charge in [-0.15, -0.1) is 0 Å². The Morgan fingerprint density at radius 2 is 2.40 bits per heavy atom. The Labute approximate surface area is 117 Å². The lowest BCUT2D eigenvalue weighted by Gasteiger charge is -2.04. The summed E-state index contributed by atoms with van der Waals surface area (Å²) in [6.07, 6.45) is 4.10. The molecule has 8 nitrogen and oxygen atoms in total. The molecule has 0 atom stereocenters. The van der Waals surface area contributed by atoms with Gasteiger partial charge in [0.1, 0.15) is 6.20 Å². The van der Waals surface area contributed by atoms with Crippen molar-refractivity contribution in [3.05, 3.63) is 39.6 Å². The van der Waals surface area contributed by atoms with Crippen LogP contribution in [0, 0.1) is 10.1 Å². The molecule has 20 heavy (non-hydrogen) atoms. The van der Waals surface area contributed by atoms with Gasteiger partial charge in [-0.2, -0.15) is 14.5 Å². The number of hydrogen-bond donors (Lipinski definition) is 1. The zero-order chi connectivity index (χ0) is 14.1. The highest BCUT2D eigenvalue weighted by molar-refractivity contribution is 7.15. The van der Waals surface area contributed by atoms with Gasteiger partial charge in [0, 0.05) is 37.3 Å². The lowest BCUT2D eigenvalue weighted by Crippen LogP contribution is -2.09. The van der Waals surface area contributed by atoms with E-state index in [4.69, 9.17) is 0 Å². The number of anilines is 1. The fraction of sp³-hybridized carbons (Fsp3) is 0.273. The molecule has 0 saturated carbocycles. The molecule has 104 valence electrons. The molecule has 1 N–H and O–H groups in total. The fourth-order valence-corrected chi connectivity index (χ4v) is 2.73. The van der Waals surface area contributed by atoms with Gasteiger partial charge >= 0.3 is 5.82 Å².